The summed E-state index contributed by atoms with van der Waals surface area (Å²) in [7, 11) is 1.56. The molecule has 5 nitrogen and oxygen atoms in total. The fourth-order valence-electron chi connectivity index (χ4n) is 2.86. The molecular weight excluding hydrogens is 532 g/mol. The maximum Gasteiger partial charge on any atom is 0.229 e. The number of nitrogens with zero attached hydrogens (tertiary/aromatic N) is 1. The molecule has 8 heteroatoms. The van der Waals surface area contributed by atoms with E-state index >= 15 is 0 Å². The second-order valence-electron chi connectivity index (χ2n) is 5.81. The fraction of sp³-hybridized carbons (Fsp3) is 0.222. The lowest BCUT2D eigenvalue weighted by Gasteiger charge is -2.19. The zero-order chi connectivity index (χ0) is 18.8. The van der Waals surface area contributed by atoms with Crippen LogP contribution in [-0.2, 0) is 9.59 Å². The maximum absolute atomic E-state index is 12.7. The third kappa shape index (κ3) is 3.97. The monoisotopic (exact) mass is 544 g/mol. The lowest BCUT2D eigenvalue weighted by Crippen LogP contribution is -2.28. The first-order valence-corrected chi connectivity index (χ1v) is 10.2. The molecule has 1 fully saturated rings. The van der Waals surface area contributed by atoms with Gasteiger partial charge in [-0.2, -0.15) is 0 Å². The van der Waals surface area contributed by atoms with E-state index in [2.05, 4.69) is 53.1 Å². The van der Waals surface area contributed by atoms with Crippen molar-refractivity contribution in [2.24, 2.45) is 5.92 Å². The maximum atomic E-state index is 12.7. The number of anilines is 2. The predicted molar refractivity (Wildman–Crippen MR) is 112 cm³/mol. The molecule has 1 N–H and O–H groups in total. The Balaban J connectivity index is 1.78. The number of hydrogen-bond donors (Lipinski definition) is 1. The lowest BCUT2D eigenvalue weighted by molar-refractivity contribution is -0.122. The molecule has 136 valence electrons. The van der Waals surface area contributed by atoms with E-state index in [1.165, 1.54) is 0 Å². The van der Waals surface area contributed by atoms with Gasteiger partial charge in [0, 0.05) is 26.4 Å². The van der Waals surface area contributed by atoms with E-state index in [0.717, 1.165) is 13.4 Å². The van der Waals surface area contributed by atoms with Gasteiger partial charge in [0.05, 0.1) is 24.4 Å². The predicted octanol–water partition coefficient (Wildman–Crippen LogP) is 4.97. The normalized spacial score (nSPS) is 16.7. The van der Waals surface area contributed by atoms with Crippen LogP contribution in [-0.4, -0.2) is 25.5 Å². The van der Waals surface area contributed by atoms with Crippen LogP contribution in [0.4, 0.5) is 11.4 Å². The molecule has 1 heterocycles. The lowest BCUT2D eigenvalue weighted by atomic mass is 10.1. The third-order valence-corrected chi connectivity index (χ3v) is 5.84. The van der Waals surface area contributed by atoms with Crippen LogP contribution in [0.15, 0.2) is 49.8 Å². The van der Waals surface area contributed by atoms with Crippen molar-refractivity contribution in [3.05, 3.63) is 49.8 Å². The van der Waals surface area contributed by atoms with Crippen LogP contribution < -0.4 is 15.0 Å². The van der Waals surface area contributed by atoms with Crippen molar-refractivity contribution in [1.82, 2.24) is 0 Å². The van der Waals surface area contributed by atoms with Crippen molar-refractivity contribution in [2.45, 2.75) is 6.42 Å². The van der Waals surface area contributed by atoms with Gasteiger partial charge in [0.1, 0.15) is 5.75 Å². The molecule has 0 spiro atoms. The van der Waals surface area contributed by atoms with Gasteiger partial charge in [-0.25, -0.2) is 0 Å². The first kappa shape index (κ1) is 19.4. The molecule has 1 atom stereocenters. The summed E-state index contributed by atoms with van der Waals surface area (Å²) in [5.74, 6) is -0.113. The van der Waals surface area contributed by atoms with Gasteiger partial charge in [-0.1, -0.05) is 28.1 Å². The zero-order valence-electron chi connectivity index (χ0n) is 13.8. The first-order chi connectivity index (χ1) is 12.4. The molecule has 2 aromatic rings. The number of carbonyl (C=O) groups excluding carboxylic acids is 2. The highest BCUT2D eigenvalue weighted by Gasteiger charge is 2.36. The standard InChI is InChI=1S/C18H15Br3N2O3/c1-26-15-5-3-2-4-14(15)23-9-10(6-16(23)24)18(25)22-17-12(20)7-11(19)8-13(17)21/h2-5,7-8,10H,6,9H2,1H3,(H,22,25). The van der Waals surface area contributed by atoms with E-state index in [0.29, 0.717) is 23.7 Å². The van der Waals surface area contributed by atoms with Crippen LogP contribution in [0.3, 0.4) is 0 Å². The largest absolute Gasteiger partial charge is 0.495 e. The molecule has 1 unspecified atom stereocenters. The SMILES string of the molecule is COc1ccccc1N1CC(C(=O)Nc2c(Br)cc(Br)cc2Br)CC1=O. The van der Waals surface area contributed by atoms with E-state index in [1.807, 2.05) is 30.3 Å². The number of benzene rings is 2. The summed E-state index contributed by atoms with van der Waals surface area (Å²) in [5.41, 5.74) is 1.32. The Hall–Kier alpha value is -1.38. The molecule has 1 aliphatic heterocycles. The molecule has 2 aromatic carbocycles. The number of para-hydroxylation sites is 2. The van der Waals surface area contributed by atoms with Gasteiger partial charge < -0.3 is 15.0 Å². The van der Waals surface area contributed by atoms with Crippen molar-refractivity contribution in [3.63, 3.8) is 0 Å². The Bertz CT molecular complexity index is 850. The highest BCUT2D eigenvalue weighted by atomic mass is 79.9. The molecular formula is C18H15Br3N2O3. The Labute approximate surface area is 176 Å². The quantitative estimate of drug-likeness (QED) is 0.589. The number of rotatable bonds is 4. The van der Waals surface area contributed by atoms with Crippen LogP contribution in [0.5, 0.6) is 5.75 Å². The fourth-order valence-corrected chi connectivity index (χ4v) is 5.31. The number of hydrogen-bond acceptors (Lipinski definition) is 3. The van der Waals surface area contributed by atoms with Gasteiger partial charge in [0.25, 0.3) is 0 Å². The molecule has 26 heavy (non-hydrogen) atoms. The highest BCUT2D eigenvalue weighted by Crippen LogP contribution is 2.36. The van der Waals surface area contributed by atoms with Crippen molar-refractivity contribution in [1.29, 1.82) is 0 Å². The van der Waals surface area contributed by atoms with Gasteiger partial charge in [0.2, 0.25) is 11.8 Å². The van der Waals surface area contributed by atoms with Crippen molar-refractivity contribution in [2.75, 3.05) is 23.9 Å². The zero-order valence-corrected chi connectivity index (χ0v) is 18.5. The Morgan fingerprint density at radius 2 is 1.85 bits per heavy atom. The third-order valence-electron chi connectivity index (χ3n) is 4.13. The molecule has 0 radical (unpaired) electrons. The highest BCUT2D eigenvalue weighted by molar-refractivity contribution is 9.11. The average Bonchev–Trinajstić information content (AvgIpc) is 2.99. The first-order valence-electron chi connectivity index (χ1n) is 7.79. The second kappa shape index (κ2) is 8.10. The number of amides is 2. The molecule has 2 amide bonds. The van der Waals surface area contributed by atoms with Crippen molar-refractivity contribution < 1.29 is 14.3 Å². The summed E-state index contributed by atoms with van der Waals surface area (Å²) < 4.78 is 7.71. The number of ether oxygens (including phenoxy) is 1. The summed E-state index contributed by atoms with van der Waals surface area (Å²) in [6, 6.07) is 11.0. The van der Waals surface area contributed by atoms with E-state index in [4.69, 9.17) is 4.74 Å². The topological polar surface area (TPSA) is 58.6 Å². The van der Waals surface area contributed by atoms with Gasteiger partial charge in [-0.3, -0.25) is 9.59 Å². The molecule has 1 aliphatic rings. The minimum atomic E-state index is -0.435. The minimum absolute atomic E-state index is 0.0939. The number of halogens is 3. The van der Waals surface area contributed by atoms with E-state index < -0.39 is 5.92 Å². The van der Waals surface area contributed by atoms with Crippen molar-refractivity contribution in [3.8, 4) is 5.75 Å². The Kier molecular flexibility index (Phi) is 6.04. The van der Waals surface area contributed by atoms with Gasteiger partial charge in [-0.05, 0) is 56.1 Å². The number of carbonyl (C=O) groups is 2. The van der Waals surface area contributed by atoms with Gasteiger partial charge in [0.15, 0.2) is 0 Å². The molecule has 3 rings (SSSR count). The minimum Gasteiger partial charge on any atom is -0.495 e. The molecule has 0 aliphatic carbocycles. The van der Waals surface area contributed by atoms with Crippen LogP contribution in [0, 0.1) is 5.92 Å². The van der Waals surface area contributed by atoms with Gasteiger partial charge in [-0.15, -0.1) is 0 Å². The van der Waals surface area contributed by atoms with E-state index in [-0.39, 0.29) is 18.2 Å². The van der Waals surface area contributed by atoms with Gasteiger partial charge >= 0.3 is 0 Å². The van der Waals surface area contributed by atoms with Crippen LogP contribution in [0.1, 0.15) is 6.42 Å². The molecule has 0 bridgehead atoms. The Morgan fingerprint density at radius 3 is 2.50 bits per heavy atom. The van der Waals surface area contributed by atoms with E-state index in [9.17, 15) is 9.59 Å². The Morgan fingerprint density at radius 1 is 1.19 bits per heavy atom. The van der Waals surface area contributed by atoms with Crippen LogP contribution >= 0.6 is 47.8 Å². The van der Waals surface area contributed by atoms with Crippen LogP contribution in [0.2, 0.25) is 0 Å². The van der Waals surface area contributed by atoms with E-state index in [1.54, 1.807) is 18.1 Å². The van der Waals surface area contributed by atoms with Crippen molar-refractivity contribution >= 4 is 71.0 Å². The smallest absolute Gasteiger partial charge is 0.229 e. The molecule has 0 saturated carbocycles. The summed E-state index contributed by atoms with van der Waals surface area (Å²) >= 11 is 10.3. The summed E-state index contributed by atoms with van der Waals surface area (Å²) in [4.78, 5) is 26.8. The number of methoxy groups -OCH3 is 1. The summed E-state index contributed by atoms with van der Waals surface area (Å²) in [6.07, 6.45) is 0.162. The second-order valence-corrected chi connectivity index (χ2v) is 8.44. The summed E-state index contributed by atoms with van der Waals surface area (Å²) in [5, 5.41) is 2.91. The average molecular weight is 547 g/mol. The summed E-state index contributed by atoms with van der Waals surface area (Å²) in [6.45, 7) is 0.316. The number of nitrogens with one attached hydrogen (secondary N) is 1. The molecule has 0 aromatic heterocycles. The van der Waals surface area contributed by atoms with Crippen LogP contribution in [0.25, 0.3) is 0 Å². The molecule has 1 saturated heterocycles.